The zero-order valence-corrected chi connectivity index (χ0v) is 15.4. The fourth-order valence-electron chi connectivity index (χ4n) is 3.55. The van der Waals surface area contributed by atoms with E-state index in [9.17, 15) is 0 Å². The van der Waals surface area contributed by atoms with Crippen molar-refractivity contribution in [1.82, 2.24) is 19.7 Å². The van der Waals surface area contributed by atoms with Crippen molar-refractivity contribution in [3.8, 4) is 0 Å². The molecule has 1 N–H and O–H groups in total. The lowest BCUT2D eigenvalue weighted by Gasteiger charge is -2.18. The maximum Gasteiger partial charge on any atom is 0.160 e. The van der Waals surface area contributed by atoms with E-state index < -0.39 is 0 Å². The summed E-state index contributed by atoms with van der Waals surface area (Å²) in [6.07, 6.45) is 10.8. The number of benzene rings is 2. The van der Waals surface area contributed by atoms with Crippen LogP contribution in [-0.2, 0) is 4.74 Å². The van der Waals surface area contributed by atoms with Gasteiger partial charge in [-0.25, -0.2) is 4.98 Å². The van der Waals surface area contributed by atoms with E-state index in [1.165, 1.54) is 0 Å². The molecule has 1 unspecified atom stereocenters. The second-order valence-electron chi connectivity index (χ2n) is 6.74. The molecule has 0 amide bonds. The Morgan fingerprint density at radius 2 is 2.11 bits per heavy atom. The molecule has 0 saturated heterocycles. The summed E-state index contributed by atoms with van der Waals surface area (Å²) >= 11 is 0. The van der Waals surface area contributed by atoms with Crippen molar-refractivity contribution in [3.05, 3.63) is 73.2 Å². The lowest BCUT2D eigenvalue weighted by molar-refractivity contribution is 0.143. The third-order valence-corrected chi connectivity index (χ3v) is 5.02. The SMILES string of the molecule is COC1C=CC=C(n2cnc3cc(Nc4nncc5ccccc45)ccc32)C1. The highest BCUT2D eigenvalue weighted by Gasteiger charge is 2.14. The Morgan fingerprint density at radius 1 is 1.18 bits per heavy atom. The third kappa shape index (κ3) is 2.93. The minimum atomic E-state index is 0.100. The average molecular weight is 369 g/mol. The number of hydrogen-bond acceptors (Lipinski definition) is 5. The van der Waals surface area contributed by atoms with Crippen molar-refractivity contribution in [2.75, 3.05) is 12.4 Å². The lowest BCUT2D eigenvalue weighted by Crippen LogP contribution is -2.12. The van der Waals surface area contributed by atoms with Crippen LogP contribution < -0.4 is 5.32 Å². The first-order valence-corrected chi connectivity index (χ1v) is 9.17. The minimum absolute atomic E-state index is 0.100. The van der Waals surface area contributed by atoms with Crippen molar-refractivity contribution in [2.24, 2.45) is 0 Å². The van der Waals surface area contributed by atoms with Gasteiger partial charge in [0, 0.05) is 35.7 Å². The van der Waals surface area contributed by atoms with Gasteiger partial charge in [-0.3, -0.25) is 0 Å². The number of imidazole rings is 1. The highest BCUT2D eigenvalue weighted by molar-refractivity contribution is 5.93. The first kappa shape index (κ1) is 16.6. The molecule has 6 heteroatoms. The number of ether oxygens (including phenoxy) is 1. The van der Waals surface area contributed by atoms with Crippen LogP contribution in [0.4, 0.5) is 11.5 Å². The molecule has 0 fully saturated rings. The summed E-state index contributed by atoms with van der Waals surface area (Å²) in [5, 5.41) is 13.8. The van der Waals surface area contributed by atoms with Crippen molar-refractivity contribution in [3.63, 3.8) is 0 Å². The van der Waals surface area contributed by atoms with Crippen LogP contribution in [0.1, 0.15) is 6.42 Å². The molecule has 1 aliphatic rings. The first-order chi connectivity index (χ1) is 13.8. The summed E-state index contributed by atoms with van der Waals surface area (Å²) in [6, 6.07) is 14.2. The number of anilines is 2. The standard InChI is InChI=1S/C22H19N5O/c1-28-18-7-4-6-17(12-18)27-14-23-20-11-16(9-10-21(20)27)25-22-19-8-3-2-5-15(19)13-24-26-22/h2-11,13-14,18H,12H2,1H3,(H,25,26). The Bertz CT molecular complexity index is 1220. The molecule has 5 rings (SSSR count). The Balaban J connectivity index is 1.48. The molecule has 2 aromatic carbocycles. The van der Waals surface area contributed by atoms with Gasteiger partial charge in [0.1, 0.15) is 6.33 Å². The second-order valence-corrected chi connectivity index (χ2v) is 6.74. The van der Waals surface area contributed by atoms with Gasteiger partial charge in [-0.05, 0) is 24.3 Å². The summed E-state index contributed by atoms with van der Waals surface area (Å²) in [6.45, 7) is 0. The molecule has 138 valence electrons. The van der Waals surface area contributed by atoms with E-state index in [0.717, 1.165) is 45.4 Å². The van der Waals surface area contributed by atoms with E-state index in [4.69, 9.17) is 4.74 Å². The first-order valence-electron chi connectivity index (χ1n) is 9.17. The molecule has 2 heterocycles. The molecule has 6 nitrogen and oxygen atoms in total. The topological polar surface area (TPSA) is 64.9 Å². The number of hydrogen-bond donors (Lipinski definition) is 1. The van der Waals surface area contributed by atoms with E-state index in [1.807, 2.05) is 48.8 Å². The Kier molecular flexibility index (Phi) is 4.10. The molecule has 2 aromatic heterocycles. The third-order valence-electron chi connectivity index (χ3n) is 5.02. The molecule has 28 heavy (non-hydrogen) atoms. The second kappa shape index (κ2) is 6.90. The highest BCUT2D eigenvalue weighted by Crippen LogP contribution is 2.28. The van der Waals surface area contributed by atoms with Gasteiger partial charge in [-0.2, -0.15) is 5.10 Å². The molecular weight excluding hydrogens is 350 g/mol. The Morgan fingerprint density at radius 3 is 3.04 bits per heavy atom. The summed E-state index contributed by atoms with van der Waals surface area (Å²) < 4.78 is 7.59. The van der Waals surface area contributed by atoms with Crippen LogP contribution in [0, 0.1) is 0 Å². The predicted molar refractivity (Wildman–Crippen MR) is 111 cm³/mol. The number of allylic oxidation sites excluding steroid dienone is 2. The molecular formula is C22H19N5O. The van der Waals surface area contributed by atoms with E-state index in [0.29, 0.717) is 0 Å². The van der Waals surface area contributed by atoms with Crippen molar-refractivity contribution >= 4 is 39.0 Å². The van der Waals surface area contributed by atoms with Crippen LogP contribution in [0.3, 0.4) is 0 Å². The van der Waals surface area contributed by atoms with Crippen molar-refractivity contribution in [1.29, 1.82) is 0 Å². The quantitative estimate of drug-likeness (QED) is 0.572. The molecule has 1 aliphatic carbocycles. The van der Waals surface area contributed by atoms with Crippen molar-refractivity contribution < 1.29 is 4.74 Å². The van der Waals surface area contributed by atoms with Crippen LogP contribution >= 0.6 is 0 Å². The van der Waals surface area contributed by atoms with Gasteiger partial charge in [0.15, 0.2) is 5.82 Å². The molecule has 1 atom stereocenters. The van der Waals surface area contributed by atoms with Gasteiger partial charge in [-0.1, -0.05) is 36.4 Å². The van der Waals surface area contributed by atoms with Gasteiger partial charge in [0.25, 0.3) is 0 Å². The van der Waals surface area contributed by atoms with Crippen LogP contribution in [0.2, 0.25) is 0 Å². The summed E-state index contributed by atoms with van der Waals surface area (Å²) in [4.78, 5) is 4.59. The normalized spacial score (nSPS) is 16.5. The van der Waals surface area contributed by atoms with E-state index >= 15 is 0 Å². The number of rotatable bonds is 4. The summed E-state index contributed by atoms with van der Waals surface area (Å²) in [7, 11) is 1.73. The Labute approximate surface area is 162 Å². The molecule has 0 spiro atoms. The molecule has 0 aliphatic heterocycles. The summed E-state index contributed by atoms with van der Waals surface area (Å²) in [5.74, 6) is 0.736. The van der Waals surface area contributed by atoms with Crippen LogP contribution in [-0.4, -0.2) is 33.0 Å². The molecule has 0 saturated carbocycles. The van der Waals surface area contributed by atoms with Gasteiger partial charge < -0.3 is 14.6 Å². The maximum atomic E-state index is 5.47. The monoisotopic (exact) mass is 369 g/mol. The molecule has 0 bridgehead atoms. The smallest absolute Gasteiger partial charge is 0.160 e. The number of nitrogens with zero attached hydrogens (tertiary/aromatic N) is 4. The van der Waals surface area contributed by atoms with Gasteiger partial charge in [0.05, 0.1) is 23.3 Å². The molecule has 4 aromatic rings. The Hall–Kier alpha value is -3.51. The summed E-state index contributed by atoms with van der Waals surface area (Å²) in [5.41, 5.74) is 4.07. The predicted octanol–water partition coefficient (Wildman–Crippen LogP) is 4.54. The maximum absolute atomic E-state index is 5.47. The van der Waals surface area contributed by atoms with Crippen LogP contribution in [0.25, 0.3) is 27.5 Å². The number of nitrogens with one attached hydrogen (secondary N) is 1. The molecule has 0 radical (unpaired) electrons. The van der Waals surface area contributed by atoms with Crippen LogP contribution in [0.5, 0.6) is 0 Å². The number of fused-ring (bicyclic) bond motifs is 2. The lowest BCUT2D eigenvalue weighted by atomic mass is 10.1. The van der Waals surface area contributed by atoms with Crippen molar-refractivity contribution in [2.45, 2.75) is 12.5 Å². The van der Waals surface area contributed by atoms with E-state index in [2.05, 4.69) is 43.3 Å². The largest absolute Gasteiger partial charge is 0.377 e. The van der Waals surface area contributed by atoms with E-state index in [1.54, 1.807) is 13.3 Å². The average Bonchev–Trinajstić information content (AvgIpc) is 3.17. The number of aromatic nitrogens is 4. The highest BCUT2D eigenvalue weighted by atomic mass is 16.5. The van der Waals surface area contributed by atoms with Crippen LogP contribution in [0.15, 0.2) is 73.2 Å². The van der Waals surface area contributed by atoms with Gasteiger partial charge >= 0.3 is 0 Å². The van der Waals surface area contributed by atoms with Gasteiger partial charge in [0.2, 0.25) is 0 Å². The number of methoxy groups -OCH3 is 1. The van der Waals surface area contributed by atoms with Gasteiger partial charge in [-0.15, -0.1) is 5.10 Å². The zero-order valence-electron chi connectivity index (χ0n) is 15.4. The fraction of sp³-hybridized carbons (Fsp3) is 0.136. The van der Waals surface area contributed by atoms with E-state index in [-0.39, 0.29) is 6.10 Å². The fourth-order valence-corrected chi connectivity index (χ4v) is 3.55. The zero-order chi connectivity index (χ0) is 18.9. The minimum Gasteiger partial charge on any atom is -0.377 e.